The Morgan fingerprint density at radius 1 is 1.05 bits per heavy atom. The summed E-state index contributed by atoms with van der Waals surface area (Å²) in [5.41, 5.74) is 8.81. The number of carbonyl (C=O) groups excluding carboxylic acids is 1. The quantitative estimate of drug-likeness (QED) is 0.848. The van der Waals surface area contributed by atoms with Gasteiger partial charge in [0.1, 0.15) is 0 Å². The van der Waals surface area contributed by atoms with Crippen molar-refractivity contribution in [2.24, 2.45) is 0 Å². The molecule has 0 saturated carbocycles. The number of nitrogen functional groups attached to an aromatic ring is 1. The van der Waals surface area contributed by atoms with Crippen molar-refractivity contribution in [2.45, 2.75) is 19.4 Å². The predicted molar refractivity (Wildman–Crippen MR) is 82.1 cm³/mol. The topological polar surface area (TPSA) is 46.3 Å². The molecule has 2 rings (SSSR count). The molecule has 3 heteroatoms. The molecule has 0 fully saturated rings. The van der Waals surface area contributed by atoms with Crippen molar-refractivity contribution in [3.05, 3.63) is 65.7 Å². The number of amides is 1. The zero-order valence-electron chi connectivity index (χ0n) is 11.8. The molecule has 2 N–H and O–H groups in total. The highest BCUT2D eigenvalue weighted by atomic mass is 16.2. The first-order valence-corrected chi connectivity index (χ1v) is 6.78. The molecule has 0 spiro atoms. The molecule has 0 aliphatic rings. The summed E-state index contributed by atoms with van der Waals surface area (Å²) in [5, 5.41) is 0. The Morgan fingerprint density at radius 3 is 2.40 bits per heavy atom. The van der Waals surface area contributed by atoms with Crippen LogP contribution in [0.5, 0.6) is 0 Å². The molecule has 104 valence electrons. The number of para-hydroxylation sites is 1. The lowest BCUT2D eigenvalue weighted by Crippen LogP contribution is -2.26. The van der Waals surface area contributed by atoms with Gasteiger partial charge in [0.2, 0.25) is 5.91 Å². The van der Waals surface area contributed by atoms with Gasteiger partial charge >= 0.3 is 0 Å². The fourth-order valence-corrected chi connectivity index (χ4v) is 2.11. The van der Waals surface area contributed by atoms with E-state index in [0.717, 1.165) is 17.7 Å². The molecule has 0 radical (unpaired) electrons. The molecule has 0 aliphatic heterocycles. The fraction of sp³-hybridized carbons (Fsp3) is 0.235. The molecule has 0 bridgehead atoms. The number of hydrogen-bond donors (Lipinski definition) is 1. The summed E-state index contributed by atoms with van der Waals surface area (Å²) in [5.74, 6) is 0.136. The van der Waals surface area contributed by atoms with Gasteiger partial charge in [-0.1, -0.05) is 48.5 Å². The Hall–Kier alpha value is -2.29. The third kappa shape index (κ3) is 3.85. The summed E-state index contributed by atoms with van der Waals surface area (Å²) in [4.78, 5) is 13.8. The molecule has 0 heterocycles. The van der Waals surface area contributed by atoms with Crippen molar-refractivity contribution in [2.75, 3.05) is 12.8 Å². The molecular formula is C17H20N2O. The summed E-state index contributed by atoms with van der Waals surface area (Å²) in [6.45, 7) is 0.556. The van der Waals surface area contributed by atoms with Crippen molar-refractivity contribution in [1.29, 1.82) is 0 Å². The Labute approximate surface area is 120 Å². The van der Waals surface area contributed by atoms with Gasteiger partial charge in [-0.2, -0.15) is 0 Å². The van der Waals surface area contributed by atoms with Gasteiger partial charge < -0.3 is 10.6 Å². The highest BCUT2D eigenvalue weighted by Crippen LogP contribution is 2.13. The molecule has 0 aromatic heterocycles. The van der Waals surface area contributed by atoms with Gasteiger partial charge in [0, 0.05) is 25.7 Å². The van der Waals surface area contributed by atoms with E-state index >= 15 is 0 Å². The number of anilines is 1. The number of aryl methyl sites for hydroxylation is 1. The standard InChI is InChI=1S/C17H20N2O/c1-19(13-15-9-5-6-10-16(15)18)17(20)12-11-14-7-3-2-4-8-14/h2-10H,11-13,18H2,1H3. The highest BCUT2D eigenvalue weighted by molar-refractivity contribution is 5.76. The molecule has 20 heavy (non-hydrogen) atoms. The Morgan fingerprint density at radius 2 is 1.70 bits per heavy atom. The van der Waals surface area contributed by atoms with Crippen LogP contribution >= 0.6 is 0 Å². The third-order valence-electron chi connectivity index (χ3n) is 3.36. The van der Waals surface area contributed by atoms with Gasteiger partial charge in [-0.25, -0.2) is 0 Å². The minimum atomic E-state index is 0.136. The summed E-state index contributed by atoms with van der Waals surface area (Å²) in [6.07, 6.45) is 1.29. The second kappa shape index (κ2) is 6.75. The third-order valence-corrected chi connectivity index (χ3v) is 3.36. The average molecular weight is 268 g/mol. The van der Waals surface area contributed by atoms with Crippen LogP contribution in [0.15, 0.2) is 54.6 Å². The highest BCUT2D eigenvalue weighted by Gasteiger charge is 2.10. The number of nitrogens with zero attached hydrogens (tertiary/aromatic N) is 1. The SMILES string of the molecule is CN(Cc1ccccc1N)C(=O)CCc1ccccc1. The van der Waals surface area contributed by atoms with Gasteiger partial charge in [0.05, 0.1) is 0 Å². The first-order valence-electron chi connectivity index (χ1n) is 6.78. The maximum absolute atomic E-state index is 12.1. The maximum Gasteiger partial charge on any atom is 0.222 e. The summed E-state index contributed by atoms with van der Waals surface area (Å²) in [6, 6.07) is 17.7. The molecule has 0 atom stereocenters. The van der Waals surface area contributed by atoms with Gasteiger partial charge in [-0.3, -0.25) is 4.79 Å². The number of rotatable bonds is 5. The van der Waals surface area contributed by atoms with Crippen LogP contribution in [0.4, 0.5) is 5.69 Å². The van der Waals surface area contributed by atoms with Crippen LogP contribution < -0.4 is 5.73 Å². The number of carbonyl (C=O) groups is 1. The van der Waals surface area contributed by atoms with E-state index in [-0.39, 0.29) is 5.91 Å². The van der Waals surface area contributed by atoms with E-state index in [1.807, 2.05) is 61.6 Å². The van der Waals surface area contributed by atoms with Crippen molar-refractivity contribution >= 4 is 11.6 Å². The summed E-state index contributed by atoms with van der Waals surface area (Å²) in [7, 11) is 1.82. The largest absolute Gasteiger partial charge is 0.398 e. The van der Waals surface area contributed by atoms with Crippen LogP contribution in [0.2, 0.25) is 0 Å². The zero-order valence-corrected chi connectivity index (χ0v) is 11.8. The molecule has 2 aromatic carbocycles. The second-order valence-electron chi connectivity index (χ2n) is 4.93. The normalized spacial score (nSPS) is 10.2. The van der Waals surface area contributed by atoms with E-state index in [1.165, 1.54) is 5.56 Å². The van der Waals surface area contributed by atoms with E-state index < -0.39 is 0 Å². The smallest absolute Gasteiger partial charge is 0.222 e. The van der Waals surface area contributed by atoms with E-state index in [0.29, 0.717) is 13.0 Å². The Bertz CT molecular complexity index is 566. The van der Waals surface area contributed by atoms with Crippen molar-refractivity contribution < 1.29 is 4.79 Å². The van der Waals surface area contributed by atoms with Crippen LogP contribution in [-0.4, -0.2) is 17.9 Å². The van der Waals surface area contributed by atoms with Crippen LogP contribution in [0.3, 0.4) is 0 Å². The number of benzene rings is 2. The van der Waals surface area contributed by atoms with Gasteiger partial charge in [0.15, 0.2) is 0 Å². The van der Waals surface area contributed by atoms with Crippen LogP contribution in [0.25, 0.3) is 0 Å². The van der Waals surface area contributed by atoms with Gasteiger partial charge in [-0.15, -0.1) is 0 Å². The fourth-order valence-electron chi connectivity index (χ4n) is 2.11. The van der Waals surface area contributed by atoms with E-state index in [1.54, 1.807) is 4.90 Å². The van der Waals surface area contributed by atoms with E-state index in [4.69, 9.17) is 5.73 Å². The lowest BCUT2D eigenvalue weighted by Gasteiger charge is -2.18. The summed E-state index contributed by atoms with van der Waals surface area (Å²) < 4.78 is 0. The van der Waals surface area contributed by atoms with Crippen molar-refractivity contribution in [1.82, 2.24) is 4.90 Å². The number of hydrogen-bond acceptors (Lipinski definition) is 2. The van der Waals surface area contributed by atoms with Crippen LogP contribution in [-0.2, 0) is 17.8 Å². The maximum atomic E-state index is 12.1. The Balaban J connectivity index is 1.88. The molecule has 3 nitrogen and oxygen atoms in total. The predicted octanol–water partition coefficient (Wildman–Crippen LogP) is 2.86. The minimum Gasteiger partial charge on any atom is -0.398 e. The average Bonchev–Trinajstić information content (AvgIpc) is 2.48. The van der Waals surface area contributed by atoms with Crippen LogP contribution in [0, 0.1) is 0 Å². The molecule has 0 aliphatic carbocycles. The first-order chi connectivity index (χ1) is 9.66. The monoisotopic (exact) mass is 268 g/mol. The van der Waals surface area contributed by atoms with Gasteiger partial charge in [0.25, 0.3) is 0 Å². The second-order valence-corrected chi connectivity index (χ2v) is 4.93. The molecular weight excluding hydrogens is 248 g/mol. The van der Waals surface area contributed by atoms with Crippen molar-refractivity contribution in [3.63, 3.8) is 0 Å². The molecule has 0 saturated heterocycles. The number of nitrogens with two attached hydrogens (primary N) is 1. The lowest BCUT2D eigenvalue weighted by molar-refractivity contribution is -0.130. The summed E-state index contributed by atoms with van der Waals surface area (Å²) >= 11 is 0. The Kier molecular flexibility index (Phi) is 4.77. The van der Waals surface area contributed by atoms with Crippen molar-refractivity contribution in [3.8, 4) is 0 Å². The van der Waals surface area contributed by atoms with Gasteiger partial charge in [-0.05, 0) is 23.6 Å². The molecule has 2 aromatic rings. The van der Waals surface area contributed by atoms with E-state index in [9.17, 15) is 4.79 Å². The first kappa shape index (κ1) is 14.1. The van der Waals surface area contributed by atoms with Crippen LogP contribution in [0.1, 0.15) is 17.5 Å². The molecule has 0 unspecified atom stereocenters. The lowest BCUT2D eigenvalue weighted by atomic mass is 10.1. The zero-order chi connectivity index (χ0) is 14.4. The van der Waals surface area contributed by atoms with E-state index in [2.05, 4.69) is 0 Å². The minimum absolute atomic E-state index is 0.136. The molecule has 1 amide bonds.